The van der Waals surface area contributed by atoms with Crippen molar-refractivity contribution in [1.29, 1.82) is 0 Å². The summed E-state index contributed by atoms with van der Waals surface area (Å²) in [5.41, 5.74) is 5.48. The molecule has 0 saturated carbocycles. The number of benzene rings is 1. The van der Waals surface area contributed by atoms with Gasteiger partial charge in [-0.25, -0.2) is 4.39 Å². The number of halogens is 4. The third kappa shape index (κ3) is 4.27. The molecule has 2 nitrogen and oxygen atoms in total. The molecule has 1 aromatic carbocycles. The van der Waals surface area contributed by atoms with E-state index in [2.05, 4.69) is 0 Å². The van der Waals surface area contributed by atoms with Crippen LogP contribution >= 0.6 is 0 Å². The van der Waals surface area contributed by atoms with Crippen molar-refractivity contribution in [2.75, 3.05) is 20.1 Å². The van der Waals surface area contributed by atoms with Gasteiger partial charge in [0.25, 0.3) is 0 Å². The third-order valence-corrected chi connectivity index (χ3v) is 2.68. The van der Waals surface area contributed by atoms with E-state index in [0.29, 0.717) is 5.56 Å². The monoisotopic (exact) mass is 264 g/mol. The standard InChI is InChI=1S/C12H16F4N2/c1-18(8-10(6-17)12(14,15)16)7-9-4-2-3-5-11(9)13/h2-5,10H,6-8,17H2,1H3. The van der Waals surface area contributed by atoms with E-state index < -0.39 is 24.5 Å². The molecule has 0 aliphatic rings. The van der Waals surface area contributed by atoms with Crippen LogP contribution in [0.4, 0.5) is 17.6 Å². The number of nitrogens with two attached hydrogens (primary N) is 1. The Morgan fingerprint density at radius 3 is 2.39 bits per heavy atom. The Bertz CT molecular complexity index is 379. The Balaban J connectivity index is 2.61. The molecule has 0 radical (unpaired) electrons. The molecule has 1 unspecified atom stereocenters. The summed E-state index contributed by atoms with van der Waals surface area (Å²) < 4.78 is 50.9. The fourth-order valence-corrected chi connectivity index (χ4v) is 1.67. The lowest BCUT2D eigenvalue weighted by molar-refractivity contribution is -0.175. The summed E-state index contributed by atoms with van der Waals surface area (Å²) >= 11 is 0. The first-order valence-electron chi connectivity index (χ1n) is 5.53. The summed E-state index contributed by atoms with van der Waals surface area (Å²) in [6.45, 7) is -0.585. The minimum Gasteiger partial charge on any atom is -0.330 e. The highest BCUT2D eigenvalue weighted by atomic mass is 19.4. The van der Waals surface area contributed by atoms with Gasteiger partial charge in [0.05, 0.1) is 5.92 Å². The molecule has 0 amide bonds. The first-order valence-corrected chi connectivity index (χ1v) is 5.53. The van der Waals surface area contributed by atoms with Crippen molar-refractivity contribution in [3.8, 4) is 0 Å². The second-order valence-corrected chi connectivity index (χ2v) is 4.26. The molecule has 1 rings (SSSR count). The van der Waals surface area contributed by atoms with Gasteiger partial charge in [0.2, 0.25) is 0 Å². The van der Waals surface area contributed by atoms with E-state index in [-0.39, 0.29) is 13.1 Å². The van der Waals surface area contributed by atoms with Gasteiger partial charge in [-0.3, -0.25) is 0 Å². The molecule has 0 fully saturated rings. The first kappa shape index (κ1) is 14.9. The van der Waals surface area contributed by atoms with Crippen LogP contribution in [0.1, 0.15) is 5.56 Å². The van der Waals surface area contributed by atoms with Gasteiger partial charge in [0.15, 0.2) is 0 Å². The van der Waals surface area contributed by atoms with Crippen molar-refractivity contribution in [1.82, 2.24) is 4.90 Å². The molecule has 0 bridgehead atoms. The van der Waals surface area contributed by atoms with Crippen LogP contribution in [0.25, 0.3) is 0 Å². The molecule has 0 heterocycles. The maximum Gasteiger partial charge on any atom is 0.394 e. The molecule has 1 aromatic rings. The van der Waals surface area contributed by atoms with Crippen LogP contribution in [0.3, 0.4) is 0 Å². The highest BCUT2D eigenvalue weighted by Gasteiger charge is 2.38. The predicted octanol–water partition coefficient (Wildman–Crippen LogP) is 2.39. The van der Waals surface area contributed by atoms with Gasteiger partial charge in [-0.1, -0.05) is 18.2 Å². The topological polar surface area (TPSA) is 29.3 Å². The fourth-order valence-electron chi connectivity index (χ4n) is 1.67. The van der Waals surface area contributed by atoms with Gasteiger partial charge >= 0.3 is 6.18 Å². The molecule has 0 aliphatic carbocycles. The Hall–Kier alpha value is -1.14. The van der Waals surface area contributed by atoms with E-state index in [9.17, 15) is 17.6 Å². The van der Waals surface area contributed by atoms with Crippen LogP contribution in [0.15, 0.2) is 24.3 Å². The Labute approximate surface area is 103 Å². The molecule has 6 heteroatoms. The van der Waals surface area contributed by atoms with Gasteiger partial charge in [0, 0.05) is 25.2 Å². The van der Waals surface area contributed by atoms with Crippen molar-refractivity contribution >= 4 is 0 Å². The Morgan fingerprint density at radius 1 is 1.28 bits per heavy atom. The summed E-state index contributed by atoms with van der Waals surface area (Å²) in [6.07, 6.45) is -4.32. The molecule has 2 N–H and O–H groups in total. The third-order valence-electron chi connectivity index (χ3n) is 2.68. The lowest BCUT2D eigenvalue weighted by atomic mass is 10.1. The summed E-state index contributed by atoms with van der Waals surface area (Å²) in [4.78, 5) is 1.42. The molecule has 18 heavy (non-hydrogen) atoms. The Morgan fingerprint density at radius 2 is 1.89 bits per heavy atom. The highest BCUT2D eigenvalue weighted by Crippen LogP contribution is 2.26. The van der Waals surface area contributed by atoms with E-state index in [4.69, 9.17) is 5.73 Å². The molecule has 0 spiro atoms. The minimum atomic E-state index is -4.32. The summed E-state index contributed by atoms with van der Waals surface area (Å²) in [5.74, 6) is -2.00. The summed E-state index contributed by atoms with van der Waals surface area (Å²) in [6, 6.07) is 6.03. The summed E-state index contributed by atoms with van der Waals surface area (Å²) in [7, 11) is 1.51. The van der Waals surface area contributed by atoms with Crippen LogP contribution in [0, 0.1) is 11.7 Å². The van der Waals surface area contributed by atoms with Gasteiger partial charge in [0.1, 0.15) is 5.82 Å². The maximum absolute atomic E-state index is 13.3. The zero-order chi connectivity index (χ0) is 13.8. The second kappa shape index (κ2) is 6.15. The van der Waals surface area contributed by atoms with Gasteiger partial charge in [-0.15, -0.1) is 0 Å². The molecular weight excluding hydrogens is 248 g/mol. The fraction of sp³-hybridized carbons (Fsp3) is 0.500. The van der Waals surface area contributed by atoms with E-state index >= 15 is 0 Å². The average Bonchev–Trinajstić information content (AvgIpc) is 2.27. The first-order chi connectivity index (χ1) is 8.34. The van der Waals surface area contributed by atoms with Crippen LogP contribution in [-0.2, 0) is 6.54 Å². The van der Waals surface area contributed by atoms with Crippen LogP contribution in [-0.4, -0.2) is 31.2 Å². The predicted molar refractivity (Wildman–Crippen MR) is 61.3 cm³/mol. The molecule has 0 aromatic heterocycles. The lowest BCUT2D eigenvalue weighted by Crippen LogP contribution is -2.39. The van der Waals surface area contributed by atoms with Crippen LogP contribution < -0.4 is 5.73 Å². The number of hydrogen-bond acceptors (Lipinski definition) is 2. The van der Waals surface area contributed by atoms with Crippen LogP contribution in [0.5, 0.6) is 0 Å². The van der Waals surface area contributed by atoms with E-state index in [0.717, 1.165) is 0 Å². The number of rotatable bonds is 5. The van der Waals surface area contributed by atoms with Crippen molar-refractivity contribution in [3.63, 3.8) is 0 Å². The molecular formula is C12H16F4N2. The van der Waals surface area contributed by atoms with Crippen LogP contribution in [0.2, 0.25) is 0 Å². The van der Waals surface area contributed by atoms with Crippen molar-refractivity contribution in [2.24, 2.45) is 11.7 Å². The molecule has 0 aliphatic heterocycles. The largest absolute Gasteiger partial charge is 0.394 e. The van der Waals surface area contributed by atoms with E-state index in [1.807, 2.05) is 0 Å². The number of hydrogen-bond donors (Lipinski definition) is 1. The summed E-state index contributed by atoms with van der Waals surface area (Å²) in [5, 5.41) is 0. The van der Waals surface area contributed by atoms with Gasteiger partial charge < -0.3 is 10.6 Å². The van der Waals surface area contributed by atoms with E-state index in [1.54, 1.807) is 12.1 Å². The molecule has 1 atom stereocenters. The second-order valence-electron chi connectivity index (χ2n) is 4.26. The highest BCUT2D eigenvalue weighted by molar-refractivity contribution is 5.16. The SMILES string of the molecule is CN(Cc1ccccc1F)CC(CN)C(F)(F)F. The smallest absolute Gasteiger partial charge is 0.330 e. The molecule has 102 valence electrons. The number of alkyl halides is 3. The minimum absolute atomic E-state index is 0.124. The van der Waals surface area contributed by atoms with Gasteiger partial charge in [-0.2, -0.15) is 13.2 Å². The average molecular weight is 264 g/mol. The normalized spacial score (nSPS) is 13.9. The maximum atomic E-state index is 13.3. The zero-order valence-electron chi connectivity index (χ0n) is 10.0. The lowest BCUT2D eigenvalue weighted by Gasteiger charge is -2.25. The van der Waals surface area contributed by atoms with Gasteiger partial charge in [-0.05, 0) is 13.1 Å². The zero-order valence-corrected chi connectivity index (χ0v) is 10.0. The van der Waals surface area contributed by atoms with Crippen molar-refractivity contribution < 1.29 is 17.6 Å². The molecule has 0 saturated heterocycles. The Kier molecular flexibility index (Phi) is 5.10. The van der Waals surface area contributed by atoms with Crippen molar-refractivity contribution in [3.05, 3.63) is 35.6 Å². The quantitative estimate of drug-likeness (QED) is 0.827. The number of nitrogens with zero attached hydrogens (tertiary/aromatic N) is 1. The van der Waals surface area contributed by atoms with E-state index in [1.165, 1.54) is 24.1 Å². The van der Waals surface area contributed by atoms with Crippen molar-refractivity contribution in [2.45, 2.75) is 12.7 Å².